The van der Waals surface area contributed by atoms with Gasteiger partial charge < -0.3 is 25.6 Å². The third-order valence-electron chi connectivity index (χ3n) is 7.65. The van der Waals surface area contributed by atoms with Gasteiger partial charge in [-0.3, -0.25) is 14.0 Å². The number of rotatable bonds is 10. The highest BCUT2D eigenvalue weighted by molar-refractivity contribution is 5.96. The van der Waals surface area contributed by atoms with Crippen LogP contribution in [-0.4, -0.2) is 71.4 Å². The van der Waals surface area contributed by atoms with Crippen LogP contribution in [0.25, 0.3) is 16.9 Å². The molecule has 1 aliphatic heterocycles. The molecule has 3 heterocycles. The Labute approximate surface area is 244 Å². The van der Waals surface area contributed by atoms with Gasteiger partial charge in [0, 0.05) is 54.8 Å². The summed E-state index contributed by atoms with van der Waals surface area (Å²) in [5.41, 5.74) is 4.18. The number of anilines is 2. The van der Waals surface area contributed by atoms with Crippen molar-refractivity contribution in [2.45, 2.75) is 26.2 Å². The maximum Gasteiger partial charge on any atom is 0.254 e. The van der Waals surface area contributed by atoms with E-state index in [0.29, 0.717) is 60.8 Å². The van der Waals surface area contributed by atoms with E-state index in [1.807, 2.05) is 41.5 Å². The van der Waals surface area contributed by atoms with E-state index in [1.165, 1.54) is 13.2 Å². The van der Waals surface area contributed by atoms with E-state index >= 15 is 0 Å². The lowest BCUT2D eigenvalue weighted by molar-refractivity contribution is -0.126. The van der Waals surface area contributed by atoms with Gasteiger partial charge in [-0.25, -0.2) is 14.4 Å². The molecule has 0 radical (unpaired) electrons. The minimum Gasteiger partial charge on any atom is -0.494 e. The number of benzene rings is 2. The summed E-state index contributed by atoms with van der Waals surface area (Å²) in [5.74, 6) is 0.247. The van der Waals surface area contributed by atoms with Crippen molar-refractivity contribution in [2.24, 2.45) is 5.92 Å². The minimum absolute atomic E-state index is 0.0308. The van der Waals surface area contributed by atoms with Crippen molar-refractivity contribution in [3.8, 4) is 17.0 Å². The molecule has 0 unspecified atom stereocenters. The van der Waals surface area contributed by atoms with Crippen LogP contribution in [0.1, 0.15) is 35.2 Å². The fourth-order valence-electron chi connectivity index (χ4n) is 5.30. The smallest absolute Gasteiger partial charge is 0.254 e. The summed E-state index contributed by atoms with van der Waals surface area (Å²) in [5, 5.41) is 9.39. The number of carbonyl (C=O) groups is 2. The molecule has 0 spiro atoms. The topological polar surface area (TPSA) is 113 Å². The molecular formula is C31H36FN7O3. The van der Waals surface area contributed by atoms with Gasteiger partial charge in [-0.2, -0.15) is 0 Å². The molecular weight excluding hydrogens is 537 g/mol. The Kier molecular flexibility index (Phi) is 8.97. The monoisotopic (exact) mass is 573 g/mol. The number of imidazole rings is 1. The Morgan fingerprint density at radius 3 is 2.62 bits per heavy atom. The number of halogens is 1. The molecule has 11 heteroatoms. The van der Waals surface area contributed by atoms with E-state index in [2.05, 4.69) is 25.9 Å². The van der Waals surface area contributed by atoms with E-state index in [1.54, 1.807) is 30.7 Å². The number of fused-ring (bicyclic) bond motifs is 1. The van der Waals surface area contributed by atoms with E-state index in [9.17, 15) is 14.0 Å². The van der Waals surface area contributed by atoms with E-state index in [4.69, 9.17) is 4.74 Å². The number of methoxy groups -OCH3 is 1. The number of aromatic nitrogens is 3. The second-order valence-electron chi connectivity index (χ2n) is 10.4. The first-order valence-corrected chi connectivity index (χ1v) is 14.1. The number of piperidine rings is 1. The molecule has 1 saturated heterocycles. The third-order valence-corrected chi connectivity index (χ3v) is 7.65. The zero-order chi connectivity index (χ0) is 29.6. The lowest BCUT2D eigenvalue weighted by Gasteiger charge is -2.31. The standard InChI is InChI=1S/C31H36FN7O3/c1-20-17-23(6-7-24(20)31(41)38-14-9-21(10-15-38)30(40)35-12-4-11-33-2)37-28-29-36-19-26(39(29)16-13-34-28)22-5-8-27(42-3)25(32)18-22/h5-8,13,16-19,21,33H,4,9-12,14-15H2,1-3H3,(H,34,37)(H,35,40). The number of carbonyl (C=O) groups excluding carboxylic acids is 2. The van der Waals surface area contributed by atoms with Gasteiger partial charge in [0.2, 0.25) is 5.91 Å². The Bertz CT molecular complexity index is 1580. The van der Waals surface area contributed by atoms with Crippen LogP contribution in [0.15, 0.2) is 55.0 Å². The van der Waals surface area contributed by atoms with Gasteiger partial charge in [0.1, 0.15) is 0 Å². The SMILES string of the molecule is CNCCCNC(=O)C1CCN(C(=O)c2ccc(Nc3nccn4c(-c5ccc(OC)c(F)c5)cnc34)cc2C)CC1. The summed E-state index contributed by atoms with van der Waals surface area (Å²) < 4.78 is 21.2. The molecule has 0 aliphatic carbocycles. The van der Waals surface area contributed by atoms with Crippen molar-refractivity contribution >= 4 is 29.0 Å². The summed E-state index contributed by atoms with van der Waals surface area (Å²) in [6.45, 7) is 4.54. The molecule has 2 amide bonds. The average molecular weight is 574 g/mol. The fourth-order valence-corrected chi connectivity index (χ4v) is 5.30. The van der Waals surface area contributed by atoms with Crippen molar-refractivity contribution in [2.75, 3.05) is 45.7 Å². The molecule has 3 N–H and O–H groups in total. The zero-order valence-electron chi connectivity index (χ0n) is 24.1. The molecule has 10 nitrogen and oxygen atoms in total. The number of nitrogens with one attached hydrogen (secondary N) is 3. The molecule has 5 rings (SSSR count). The Balaban J connectivity index is 1.24. The average Bonchev–Trinajstić information content (AvgIpc) is 3.44. The normalized spacial score (nSPS) is 13.8. The van der Waals surface area contributed by atoms with E-state index in [0.717, 1.165) is 24.2 Å². The number of hydrogen-bond donors (Lipinski definition) is 3. The number of ether oxygens (including phenoxy) is 1. The van der Waals surface area contributed by atoms with Gasteiger partial charge >= 0.3 is 0 Å². The zero-order valence-corrected chi connectivity index (χ0v) is 24.1. The summed E-state index contributed by atoms with van der Waals surface area (Å²) in [4.78, 5) is 36.6. The highest BCUT2D eigenvalue weighted by Gasteiger charge is 2.28. The summed E-state index contributed by atoms with van der Waals surface area (Å²) >= 11 is 0. The fraction of sp³-hybridized carbons (Fsp3) is 0.355. The highest BCUT2D eigenvalue weighted by Crippen LogP contribution is 2.29. The van der Waals surface area contributed by atoms with Gasteiger partial charge in [-0.1, -0.05) is 0 Å². The maximum absolute atomic E-state index is 14.3. The van der Waals surface area contributed by atoms with E-state index < -0.39 is 5.82 Å². The van der Waals surface area contributed by atoms with Crippen LogP contribution in [-0.2, 0) is 4.79 Å². The minimum atomic E-state index is -0.451. The van der Waals surface area contributed by atoms with Crippen molar-refractivity contribution in [1.29, 1.82) is 0 Å². The number of aryl methyl sites for hydroxylation is 1. The summed E-state index contributed by atoms with van der Waals surface area (Å²) in [7, 11) is 3.32. The lowest BCUT2D eigenvalue weighted by atomic mass is 9.95. The van der Waals surface area contributed by atoms with Crippen LogP contribution < -0.4 is 20.7 Å². The molecule has 220 valence electrons. The van der Waals surface area contributed by atoms with Crippen molar-refractivity contribution < 1.29 is 18.7 Å². The molecule has 0 saturated carbocycles. The van der Waals surface area contributed by atoms with Crippen molar-refractivity contribution in [3.63, 3.8) is 0 Å². The van der Waals surface area contributed by atoms with Crippen molar-refractivity contribution in [3.05, 3.63) is 71.9 Å². The molecule has 2 aromatic heterocycles. The second kappa shape index (κ2) is 13.0. The first-order chi connectivity index (χ1) is 20.4. The van der Waals surface area contributed by atoms with Gasteiger partial charge in [-0.15, -0.1) is 0 Å². The molecule has 0 atom stereocenters. The van der Waals surface area contributed by atoms with Crippen LogP contribution in [0.2, 0.25) is 0 Å². The van der Waals surface area contributed by atoms with Crippen LogP contribution in [0.4, 0.5) is 15.9 Å². The Hall–Kier alpha value is -4.51. The number of hydrogen-bond acceptors (Lipinski definition) is 7. The number of likely N-dealkylation sites (tertiary alicyclic amines) is 1. The number of amides is 2. The van der Waals surface area contributed by atoms with Crippen LogP contribution in [0, 0.1) is 18.7 Å². The maximum atomic E-state index is 14.3. The Morgan fingerprint density at radius 1 is 1.10 bits per heavy atom. The number of nitrogens with zero attached hydrogens (tertiary/aromatic N) is 4. The quantitative estimate of drug-likeness (QED) is 0.244. The lowest BCUT2D eigenvalue weighted by Crippen LogP contribution is -2.43. The molecule has 1 aliphatic rings. The third kappa shape index (κ3) is 6.20. The first-order valence-electron chi connectivity index (χ1n) is 14.1. The van der Waals surface area contributed by atoms with Crippen LogP contribution >= 0.6 is 0 Å². The van der Waals surface area contributed by atoms with Crippen LogP contribution in [0.5, 0.6) is 5.75 Å². The molecule has 0 bridgehead atoms. The van der Waals surface area contributed by atoms with Gasteiger partial charge in [0.05, 0.1) is 19.0 Å². The predicted octanol–water partition coefficient (Wildman–Crippen LogP) is 4.17. The molecule has 4 aromatic rings. The Morgan fingerprint density at radius 2 is 1.90 bits per heavy atom. The van der Waals surface area contributed by atoms with E-state index in [-0.39, 0.29) is 23.5 Å². The van der Waals surface area contributed by atoms with Gasteiger partial charge in [-0.05, 0) is 81.7 Å². The molecule has 42 heavy (non-hydrogen) atoms. The highest BCUT2D eigenvalue weighted by atomic mass is 19.1. The second-order valence-corrected chi connectivity index (χ2v) is 10.4. The summed E-state index contributed by atoms with van der Waals surface area (Å²) in [6, 6.07) is 10.4. The van der Waals surface area contributed by atoms with Gasteiger partial charge in [0.25, 0.3) is 5.91 Å². The predicted molar refractivity (Wildman–Crippen MR) is 160 cm³/mol. The van der Waals surface area contributed by atoms with Crippen molar-refractivity contribution in [1.82, 2.24) is 29.9 Å². The largest absolute Gasteiger partial charge is 0.494 e. The summed E-state index contributed by atoms with van der Waals surface area (Å²) in [6.07, 6.45) is 7.31. The first kappa shape index (κ1) is 29.0. The van der Waals surface area contributed by atoms with Gasteiger partial charge in [0.15, 0.2) is 23.0 Å². The molecule has 1 fully saturated rings. The van der Waals surface area contributed by atoms with Crippen LogP contribution in [0.3, 0.4) is 0 Å². The molecule has 2 aromatic carbocycles.